The van der Waals surface area contributed by atoms with Crippen LogP contribution in [0, 0.1) is 0 Å². The fourth-order valence-electron chi connectivity index (χ4n) is 3.59. The fraction of sp³-hybridized carbons (Fsp3) is 0.217. The van der Waals surface area contributed by atoms with E-state index in [1.165, 1.54) is 16.9 Å². The first-order valence-electron chi connectivity index (χ1n) is 9.93. The van der Waals surface area contributed by atoms with Crippen LogP contribution in [0.4, 0.5) is 10.5 Å². The molecular weight excluding hydrogens is 396 g/mol. The first-order valence-corrected chi connectivity index (χ1v) is 9.93. The second kappa shape index (κ2) is 8.43. The SMILES string of the molecule is COc1cc(C(=O)N2CCCN2C(=O)Nc2cccc(C(C)=O)c2)nc2ccccc12. The number of aromatic nitrogens is 1. The summed E-state index contributed by atoms with van der Waals surface area (Å²) in [5, 5.41) is 6.33. The summed E-state index contributed by atoms with van der Waals surface area (Å²) in [4.78, 5) is 42.1. The van der Waals surface area contributed by atoms with E-state index in [0.717, 1.165) is 5.39 Å². The standard InChI is InChI=1S/C23H22N4O4/c1-15(28)16-7-5-8-17(13-16)24-23(30)27-12-6-11-26(27)22(29)20-14-21(31-2)18-9-3-4-10-19(18)25-20/h3-5,7-10,13-14H,6,11-12H2,1-2H3,(H,24,30). The number of ketones is 1. The average Bonchev–Trinajstić information content (AvgIpc) is 3.28. The maximum atomic E-state index is 13.2. The molecule has 1 aromatic heterocycles. The molecule has 1 fully saturated rings. The Morgan fingerprint density at radius 1 is 1.00 bits per heavy atom. The molecule has 0 spiro atoms. The smallest absolute Gasteiger partial charge is 0.340 e. The summed E-state index contributed by atoms with van der Waals surface area (Å²) in [6, 6.07) is 15.2. The van der Waals surface area contributed by atoms with Crippen LogP contribution in [0.15, 0.2) is 54.6 Å². The number of ether oxygens (including phenoxy) is 1. The molecule has 1 aliphatic rings. The second-order valence-electron chi connectivity index (χ2n) is 7.20. The minimum atomic E-state index is -0.445. The Morgan fingerprint density at radius 2 is 1.77 bits per heavy atom. The van der Waals surface area contributed by atoms with Gasteiger partial charge in [-0.3, -0.25) is 9.59 Å². The number of hydrogen-bond acceptors (Lipinski definition) is 5. The van der Waals surface area contributed by atoms with Crippen molar-refractivity contribution in [3.8, 4) is 5.75 Å². The van der Waals surface area contributed by atoms with Gasteiger partial charge in [0.05, 0.1) is 12.6 Å². The Labute approximate surface area is 179 Å². The average molecular weight is 418 g/mol. The van der Waals surface area contributed by atoms with E-state index >= 15 is 0 Å². The number of rotatable bonds is 4. The summed E-state index contributed by atoms with van der Waals surface area (Å²) >= 11 is 0. The molecule has 2 aromatic carbocycles. The largest absolute Gasteiger partial charge is 0.496 e. The number of nitrogens with one attached hydrogen (secondary N) is 1. The van der Waals surface area contributed by atoms with Gasteiger partial charge in [0.2, 0.25) is 0 Å². The molecule has 3 aromatic rings. The lowest BCUT2D eigenvalue weighted by molar-refractivity contribution is 0.0398. The third-order valence-corrected chi connectivity index (χ3v) is 5.14. The molecule has 0 saturated carbocycles. The van der Waals surface area contributed by atoms with Crippen LogP contribution >= 0.6 is 0 Å². The van der Waals surface area contributed by atoms with E-state index in [1.807, 2.05) is 24.3 Å². The lowest BCUT2D eigenvalue weighted by Gasteiger charge is -2.28. The molecule has 158 valence electrons. The van der Waals surface area contributed by atoms with Gasteiger partial charge in [0, 0.05) is 35.8 Å². The quantitative estimate of drug-likeness (QED) is 0.652. The molecule has 0 unspecified atom stereocenters. The number of amides is 3. The molecule has 0 aliphatic carbocycles. The van der Waals surface area contributed by atoms with E-state index in [0.29, 0.717) is 42.0 Å². The number of benzene rings is 2. The predicted molar refractivity (Wildman–Crippen MR) is 116 cm³/mol. The third-order valence-electron chi connectivity index (χ3n) is 5.14. The molecule has 1 saturated heterocycles. The van der Waals surface area contributed by atoms with Crippen molar-refractivity contribution in [3.05, 3.63) is 65.9 Å². The Bertz CT molecular complexity index is 1180. The number of carbonyl (C=O) groups is 3. The minimum Gasteiger partial charge on any atom is -0.496 e. The molecule has 0 radical (unpaired) electrons. The van der Waals surface area contributed by atoms with Crippen LogP contribution in [0.1, 0.15) is 34.2 Å². The van der Waals surface area contributed by atoms with Crippen molar-refractivity contribution < 1.29 is 19.1 Å². The van der Waals surface area contributed by atoms with Crippen LogP contribution in [0.3, 0.4) is 0 Å². The van der Waals surface area contributed by atoms with Gasteiger partial charge in [-0.15, -0.1) is 0 Å². The van der Waals surface area contributed by atoms with Crippen LogP contribution in [-0.2, 0) is 0 Å². The number of urea groups is 1. The number of methoxy groups -OCH3 is 1. The molecule has 0 bridgehead atoms. The number of hydrazine groups is 1. The maximum Gasteiger partial charge on any atom is 0.340 e. The van der Waals surface area contributed by atoms with Crippen molar-refractivity contribution >= 4 is 34.3 Å². The van der Waals surface area contributed by atoms with E-state index in [-0.39, 0.29) is 17.4 Å². The summed E-state index contributed by atoms with van der Waals surface area (Å²) in [6.07, 6.45) is 0.650. The molecule has 31 heavy (non-hydrogen) atoms. The Hall–Kier alpha value is -3.94. The normalized spacial score (nSPS) is 13.4. The highest BCUT2D eigenvalue weighted by molar-refractivity contribution is 6.00. The van der Waals surface area contributed by atoms with E-state index in [2.05, 4.69) is 10.3 Å². The second-order valence-corrected chi connectivity index (χ2v) is 7.20. The summed E-state index contributed by atoms with van der Waals surface area (Å²) < 4.78 is 5.43. The Balaban J connectivity index is 1.57. The fourth-order valence-corrected chi connectivity index (χ4v) is 3.59. The van der Waals surface area contributed by atoms with E-state index in [1.54, 1.807) is 37.4 Å². The zero-order chi connectivity index (χ0) is 22.0. The molecule has 2 heterocycles. The predicted octanol–water partition coefficient (Wildman–Crippen LogP) is 3.74. The highest BCUT2D eigenvalue weighted by Gasteiger charge is 2.32. The molecule has 8 nitrogen and oxygen atoms in total. The van der Waals surface area contributed by atoms with Crippen molar-refractivity contribution in [1.82, 2.24) is 15.0 Å². The third kappa shape index (κ3) is 4.05. The van der Waals surface area contributed by atoms with Crippen LogP contribution < -0.4 is 10.1 Å². The lowest BCUT2D eigenvalue weighted by atomic mass is 10.1. The van der Waals surface area contributed by atoms with Gasteiger partial charge in [-0.25, -0.2) is 19.8 Å². The van der Waals surface area contributed by atoms with Crippen molar-refractivity contribution in [3.63, 3.8) is 0 Å². The molecule has 1 N–H and O–H groups in total. The number of pyridine rings is 1. The monoisotopic (exact) mass is 418 g/mol. The van der Waals surface area contributed by atoms with Gasteiger partial charge in [0.15, 0.2) is 5.78 Å². The number of carbonyl (C=O) groups excluding carboxylic acids is 3. The number of para-hydroxylation sites is 1. The summed E-state index contributed by atoms with van der Waals surface area (Å²) in [6.45, 7) is 2.26. The highest BCUT2D eigenvalue weighted by atomic mass is 16.5. The number of fused-ring (bicyclic) bond motifs is 1. The summed E-state index contributed by atoms with van der Waals surface area (Å²) in [5.41, 5.74) is 1.83. The molecular formula is C23H22N4O4. The van der Waals surface area contributed by atoms with Gasteiger partial charge in [-0.05, 0) is 37.6 Å². The first-order chi connectivity index (χ1) is 15.0. The minimum absolute atomic E-state index is 0.0922. The zero-order valence-corrected chi connectivity index (χ0v) is 17.3. The van der Waals surface area contributed by atoms with Gasteiger partial charge in [0.1, 0.15) is 11.4 Å². The zero-order valence-electron chi connectivity index (χ0n) is 17.3. The Morgan fingerprint density at radius 3 is 2.55 bits per heavy atom. The number of anilines is 1. The molecule has 0 atom stereocenters. The number of Topliss-reactive ketones (excluding diaryl/α,β-unsaturated/α-hetero) is 1. The summed E-state index contributed by atoms with van der Waals surface area (Å²) in [7, 11) is 1.54. The topological polar surface area (TPSA) is 91.8 Å². The molecule has 3 amide bonds. The van der Waals surface area contributed by atoms with Crippen molar-refractivity contribution in [2.75, 3.05) is 25.5 Å². The molecule has 1 aliphatic heterocycles. The lowest BCUT2D eigenvalue weighted by Crippen LogP contribution is -2.47. The van der Waals surface area contributed by atoms with Crippen LogP contribution in [0.25, 0.3) is 10.9 Å². The van der Waals surface area contributed by atoms with Gasteiger partial charge in [-0.1, -0.05) is 24.3 Å². The van der Waals surface area contributed by atoms with Gasteiger partial charge in [0.25, 0.3) is 5.91 Å². The maximum absolute atomic E-state index is 13.2. The van der Waals surface area contributed by atoms with Gasteiger partial charge >= 0.3 is 6.03 Å². The molecule has 4 rings (SSSR count). The van der Waals surface area contributed by atoms with E-state index in [9.17, 15) is 14.4 Å². The highest BCUT2D eigenvalue weighted by Crippen LogP contribution is 2.26. The number of nitrogens with zero attached hydrogens (tertiary/aromatic N) is 3. The van der Waals surface area contributed by atoms with Crippen molar-refractivity contribution in [1.29, 1.82) is 0 Å². The van der Waals surface area contributed by atoms with E-state index in [4.69, 9.17) is 4.74 Å². The Kier molecular flexibility index (Phi) is 5.53. The van der Waals surface area contributed by atoms with Crippen molar-refractivity contribution in [2.24, 2.45) is 0 Å². The van der Waals surface area contributed by atoms with Crippen molar-refractivity contribution in [2.45, 2.75) is 13.3 Å². The van der Waals surface area contributed by atoms with Crippen LogP contribution in [0.5, 0.6) is 5.75 Å². The van der Waals surface area contributed by atoms with Crippen LogP contribution in [0.2, 0.25) is 0 Å². The first kappa shape index (κ1) is 20.3. The number of hydrogen-bond donors (Lipinski definition) is 1. The van der Waals surface area contributed by atoms with Gasteiger partial charge < -0.3 is 10.1 Å². The summed E-state index contributed by atoms with van der Waals surface area (Å²) in [5.74, 6) is 0.0739. The van der Waals surface area contributed by atoms with Crippen LogP contribution in [-0.4, -0.2) is 52.9 Å². The van der Waals surface area contributed by atoms with E-state index < -0.39 is 6.03 Å². The molecule has 8 heteroatoms. The van der Waals surface area contributed by atoms with Gasteiger partial charge in [-0.2, -0.15) is 0 Å².